The molecule has 1 heterocycles. The molecule has 1 aliphatic heterocycles. The Labute approximate surface area is 166 Å². The molecule has 0 bridgehead atoms. The quantitative estimate of drug-likeness (QED) is 0.585. The van der Waals surface area contributed by atoms with E-state index in [1.807, 2.05) is 32.0 Å². The van der Waals surface area contributed by atoms with Gasteiger partial charge in [-0.05, 0) is 38.0 Å². The fourth-order valence-electron chi connectivity index (χ4n) is 3.15. The van der Waals surface area contributed by atoms with Crippen molar-refractivity contribution in [1.29, 1.82) is 0 Å². The maximum atomic E-state index is 12.3. The summed E-state index contributed by atoms with van der Waals surface area (Å²) >= 11 is 0. The number of carbonyl (C=O) groups excluding carboxylic acids is 2. The number of carbonyl (C=O) groups is 2. The Bertz CT molecular complexity index is 645. The molecule has 2 amide bonds. The van der Waals surface area contributed by atoms with Gasteiger partial charge in [0.15, 0.2) is 11.5 Å². The maximum Gasteiger partial charge on any atom is 0.311 e. The Morgan fingerprint density at radius 1 is 1.07 bits per heavy atom. The summed E-state index contributed by atoms with van der Waals surface area (Å²) in [5.41, 5.74) is 6.56. The molecule has 0 atom stereocenters. The number of hydrogen-bond donors (Lipinski definition) is 2. The largest absolute Gasteiger partial charge is 0.490 e. The van der Waals surface area contributed by atoms with Gasteiger partial charge in [0.2, 0.25) is 0 Å². The predicted octanol–water partition coefficient (Wildman–Crippen LogP) is 0.246. The van der Waals surface area contributed by atoms with Crippen LogP contribution < -0.4 is 20.5 Å². The highest BCUT2D eigenvalue weighted by molar-refractivity contribution is 6.35. The van der Waals surface area contributed by atoms with Gasteiger partial charge in [-0.3, -0.25) is 14.5 Å². The van der Waals surface area contributed by atoms with E-state index in [2.05, 4.69) is 10.2 Å². The Morgan fingerprint density at radius 2 is 1.75 bits per heavy atom. The molecule has 1 aromatic carbocycles. The number of nitrogens with zero attached hydrogens (tertiary/aromatic N) is 2. The topological polar surface area (TPSA) is 97.1 Å². The molecule has 0 radical (unpaired) electrons. The summed E-state index contributed by atoms with van der Waals surface area (Å²) in [6.45, 7) is 9.39. The third-order valence-corrected chi connectivity index (χ3v) is 4.61. The molecule has 1 fully saturated rings. The maximum absolute atomic E-state index is 12.3. The van der Waals surface area contributed by atoms with Gasteiger partial charge in [0.25, 0.3) is 0 Å². The van der Waals surface area contributed by atoms with Gasteiger partial charge in [0.05, 0.1) is 13.2 Å². The van der Waals surface area contributed by atoms with Gasteiger partial charge in [-0.1, -0.05) is 6.07 Å². The van der Waals surface area contributed by atoms with Gasteiger partial charge in [-0.15, -0.1) is 0 Å². The molecule has 1 saturated heterocycles. The molecule has 8 nitrogen and oxygen atoms in total. The molecule has 28 heavy (non-hydrogen) atoms. The number of ether oxygens (including phenoxy) is 2. The third-order valence-electron chi connectivity index (χ3n) is 4.61. The van der Waals surface area contributed by atoms with Crippen molar-refractivity contribution in [3.8, 4) is 11.5 Å². The lowest BCUT2D eigenvalue weighted by Crippen LogP contribution is -2.53. The van der Waals surface area contributed by atoms with Crippen molar-refractivity contribution in [3.05, 3.63) is 23.8 Å². The van der Waals surface area contributed by atoms with Crippen LogP contribution in [0.5, 0.6) is 11.5 Å². The Balaban J connectivity index is 1.80. The summed E-state index contributed by atoms with van der Waals surface area (Å²) in [7, 11) is 0. The molecule has 0 aromatic heterocycles. The zero-order chi connectivity index (χ0) is 20.4. The standard InChI is InChI=1S/C20H32N4O4/c1-3-27-17-6-5-16(15-18(17)28-4-2)7-9-22-19(25)20(26)24-13-11-23(10-8-21)12-14-24/h5-6,15H,3-4,7-14,21H2,1-2H3,(H,22,25). The first-order valence-corrected chi connectivity index (χ1v) is 9.97. The van der Waals surface area contributed by atoms with E-state index in [0.29, 0.717) is 57.3 Å². The van der Waals surface area contributed by atoms with Crippen LogP contribution in [0.25, 0.3) is 0 Å². The molecule has 0 aliphatic carbocycles. The van der Waals surface area contributed by atoms with E-state index in [0.717, 1.165) is 25.2 Å². The van der Waals surface area contributed by atoms with E-state index >= 15 is 0 Å². The fourth-order valence-corrected chi connectivity index (χ4v) is 3.15. The highest BCUT2D eigenvalue weighted by atomic mass is 16.5. The summed E-state index contributed by atoms with van der Waals surface area (Å²) < 4.78 is 11.2. The molecule has 0 unspecified atom stereocenters. The molecule has 1 aliphatic rings. The van der Waals surface area contributed by atoms with Gasteiger partial charge in [-0.25, -0.2) is 0 Å². The minimum absolute atomic E-state index is 0.386. The number of nitrogens with one attached hydrogen (secondary N) is 1. The molecule has 1 aromatic rings. The Kier molecular flexibility index (Phi) is 9.03. The molecule has 8 heteroatoms. The summed E-state index contributed by atoms with van der Waals surface area (Å²) in [5.74, 6) is 0.387. The second kappa shape index (κ2) is 11.5. The van der Waals surface area contributed by atoms with Gasteiger partial charge in [0, 0.05) is 45.8 Å². The smallest absolute Gasteiger partial charge is 0.311 e. The summed E-state index contributed by atoms with van der Waals surface area (Å²) in [6, 6.07) is 5.73. The highest BCUT2D eigenvalue weighted by Gasteiger charge is 2.25. The molecule has 3 N–H and O–H groups in total. The van der Waals surface area contributed by atoms with Crippen molar-refractivity contribution in [1.82, 2.24) is 15.1 Å². The average Bonchev–Trinajstić information content (AvgIpc) is 2.70. The van der Waals surface area contributed by atoms with Crippen molar-refractivity contribution in [2.45, 2.75) is 20.3 Å². The lowest BCUT2D eigenvalue weighted by atomic mass is 10.1. The second-order valence-electron chi connectivity index (χ2n) is 6.58. The van der Waals surface area contributed by atoms with E-state index < -0.39 is 11.8 Å². The van der Waals surface area contributed by atoms with Gasteiger partial charge < -0.3 is 25.4 Å². The van der Waals surface area contributed by atoms with Crippen LogP contribution >= 0.6 is 0 Å². The number of nitrogens with two attached hydrogens (primary N) is 1. The van der Waals surface area contributed by atoms with E-state index in [4.69, 9.17) is 15.2 Å². The van der Waals surface area contributed by atoms with Crippen LogP contribution in [0.4, 0.5) is 0 Å². The predicted molar refractivity (Wildman–Crippen MR) is 108 cm³/mol. The molecule has 156 valence electrons. The van der Waals surface area contributed by atoms with E-state index in [1.165, 1.54) is 0 Å². The van der Waals surface area contributed by atoms with Crippen molar-refractivity contribution < 1.29 is 19.1 Å². The van der Waals surface area contributed by atoms with E-state index in [9.17, 15) is 9.59 Å². The van der Waals surface area contributed by atoms with Crippen LogP contribution in [0.15, 0.2) is 18.2 Å². The number of rotatable bonds is 9. The Hall–Kier alpha value is -2.32. The molecule has 2 rings (SSSR count). The molecular formula is C20H32N4O4. The summed E-state index contributed by atoms with van der Waals surface area (Å²) in [4.78, 5) is 28.3. The lowest BCUT2D eigenvalue weighted by Gasteiger charge is -2.34. The number of amides is 2. The van der Waals surface area contributed by atoms with Gasteiger partial charge >= 0.3 is 11.8 Å². The Morgan fingerprint density at radius 3 is 2.39 bits per heavy atom. The van der Waals surface area contributed by atoms with Crippen LogP contribution in [0.3, 0.4) is 0 Å². The monoisotopic (exact) mass is 392 g/mol. The minimum atomic E-state index is -0.553. The number of piperazine rings is 1. The third kappa shape index (κ3) is 6.38. The first-order valence-electron chi connectivity index (χ1n) is 9.97. The van der Waals surface area contributed by atoms with Crippen LogP contribution in [-0.4, -0.2) is 80.6 Å². The SMILES string of the molecule is CCOc1ccc(CCNC(=O)C(=O)N2CCN(CCN)CC2)cc1OCC. The van der Waals surface area contributed by atoms with E-state index in [1.54, 1.807) is 4.90 Å². The zero-order valence-corrected chi connectivity index (χ0v) is 16.9. The van der Waals surface area contributed by atoms with Crippen molar-refractivity contribution in [2.75, 3.05) is 59.0 Å². The normalized spacial score (nSPS) is 14.6. The van der Waals surface area contributed by atoms with Crippen LogP contribution in [0, 0.1) is 0 Å². The fraction of sp³-hybridized carbons (Fsp3) is 0.600. The zero-order valence-electron chi connectivity index (χ0n) is 16.9. The second-order valence-corrected chi connectivity index (χ2v) is 6.58. The highest BCUT2D eigenvalue weighted by Crippen LogP contribution is 2.28. The first kappa shape index (κ1) is 22.0. The van der Waals surface area contributed by atoms with Crippen molar-refractivity contribution >= 4 is 11.8 Å². The number of hydrogen-bond acceptors (Lipinski definition) is 6. The van der Waals surface area contributed by atoms with Crippen LogP contribution in [0.2, 0.25) is 0 Å². The van der Waals surface area contributed by atoms with Crippen LogP contribution in [0.1, 0.15) is 19.4 Å². The summed E-state index contributed by atoms with van der Waals surface area (Å²) in [5, 5.41) is 2.72. The summed E-state index contributed by atoms with van der Waals surface area (Å²) in [6.07, 6.45) is 0.607. The lowest BCUT2D eigenvalue weighted by molar-refractivity contribution is -0.146. The average molecular weight is 393 g/mol. The van der Waals surface area contributed by atoms with Gasteiger partial charge in [0.1, 0.15) is 0 Å². The van der Waals surface area contributed by atoms with Crippen molar-refractivity contribution in [3.63, 3.8) is 0 Å². The van der Waals surface area contributed by atoms with Gasteiger partial charge in [-0.2, -0.15) is 0 Å². The molecular weight excluding hydrogens is 360 g/mol. The number of benzene rings is 1. The van der Waals surface area contributed by atoms with E-state index in [-0.39, 0.29) is 0 Å². The molecule has 0 saturated carbocycles. The van der Waals surface area contributed by atoms with Crippen molar-refractivity contribution in [2.24, 2.45) is 5.73 Å². The first-order chi connectivity index (χ1) is 13.6. The van der Waals surface area contributed by atoms with Crippen LogP contribution in [-0.2, 0) is 16.0 Å². The molecule has 0 spiro atoms. The minimum Gasteiger partial charge on any atom is -0.490 e.